The molecule has 1 aromatic carbocycles. The number of hydrogen-bond acceptors (Lipinski definition) is 1. The number of benzene rings is 1. The van der Waals surface area contributed by atoms with E-state index in [9.17, 15) is 0 Å². The van der Waals surface area contributed by atoms with Crippen molar-refractivity contribution >= 4 is 22.7 Å². The SMILES string of the molecule is Br.CC1CCN(C)c2ccccc21. The fraction of sp³-hybridized carbons (Fsp3) is 0.455. The molecule has 0 radical (unpaired) electrons. The second-order valence-corrected chi connectivity index (χ2v) is 3.67. The second-order valence-electron chi connectivity index (χ2n) is 3.67. The molecule has 1 atom stereocenters. The van der Waals surface area contributed by atoms with Crippen LogP contribution in [-0.4, -0.2) is 13.6 Å². The van der Waals surface area contributed by atoms with Gasteiger partial charge in [-0.05, 0) is 24.0 Å². The van der Waals surface area contributed by atoms with Crippen molar-refractivity contribution in [3.8, 4) is 0 Å². The zero-order valence-electron chi connectivity index (χ0n) is 8.16. The Kier molecular flexibility index (Phi) is 3.37. The van der Waals surface area contributed by atoms with Crippen LogP contribution in [0, 0.1) is 0 Å². The van der Waals surface area contributed by atoms with Crippen molar-refractivity contribution in [2.75, 3.05) is 18.5 Å². The van der Waals surface area contributed by atoms with Gasteiger partial charge < -0.3 is 4.90 Å². The molecule has 1 heterocycles. The van der Waals surface area contributed by atoms with E-state index in [0.29, 0.717) is 0 Å². The van der Waals surface area contributed by atoms with Crippen molar-refractivity contribution in [3.05, 3.63) is 29.8 Å². The predicted octanol–water partition coefficient (Wildman–Crippen LogP) is 3.21. The number of hydrogen-bond donors (Lipinski definition) is 0. The lowest BCUT2D eigenvalue weighted by Gasteiger charge is -2.31. The van der Waals surface area contributed by atoms with Crippen LogP contribution >= 0.6 is 17.0 Å². The normalized spacial score (nSPS) is 20.5. The van der Waals surface area contributed by atoms with Crippen LogP contribution in [0.4, 0.5) is 5.69 Å². The third-order valence-corrected chi connectivity index (χ3v) is 2.78. The summed E-state index contributed by atoms with van der Waals surface area (Å²) >= 11 is 0. The molecule has 1 nitrogen and oxygen atoms in total. The maximum absolute atomic E-state index is 2.34. The van der Waals surface area contributed by atoms with Gasteiger partial charge in [0.05, 0.1) is 0 Å². The van der Waals surface area contributed by atoms with E-state index in [0.717, 1.165) is 5.92 Å². The molecule has 13 heavy (non-hydrogen) atoms. The Labute approximate surface area is 90.5 Å². The largest absolute Gasteiger partial charge is 0.374 e. The van der Waals surface area contributed by atoms with Crippen LogP contribution in [0.3, 0.4) is 0 Å². The Morgan fingerprint density at radius 1 is 1.31 bits per heavy atom. The van der Waals surface area contributed by atoms with Gasteiger partial charge in [-0.25, -0.2) is 0 Å². The molecule has 0 aliphatic carbocycles. The molecular weight excluding hydrogens is 226 g/mol. The van der Waals surface area contributed by atoms with Crippen molar-refractivity contribution in [1.29, 1.82) is 0 Å². The lowest BCUT2D eigenvalue weighted by atomic mass is 9.92. The van der Waals surface area contributed by atoms with Gasteiger partial charge in [-0.1, -0.05) is 25.1 Å². The van der Waals surface area contributed by atoms with Gasteiger partial charge in [-0.2, -0.15) is 0 Å². The van der Waals surface area contributed by atoms with Crippen LogP contribution in [-0.2, 0) is 0 Å². The van der Waals surface area contributed by atoms with Gasteiger partial charge in [0.15, 0.2) is 0 Å². The van der Waals surface area contributed by atoms with Crippen LogP contribution in [0.2, 0.25) is 0 Å². The fourth-order valence-electron chi connectivity index (χ4n) is 1.92. The van der Waals surface area contributed by atoms with Crippen molar-refractivity contribution in [1.82, 2.24) is 0 Å². The molecule has 1 unspecified atom stereocenters. The quantitative estimate of drug-likeness (QED) is 0.675. The number of para-hydroxylation sites is 1. The summed E-state index contributed by atoms with van der Waals surface area (Å²) in [6.07, 6.45) is 1.29. The third kappa shape index (κ3) is 1.88. The summed E-state index contributed by atoms with van der Waals surface area (Å²) in [5, 5.41) is 0. The Balaban J connectivity index is 0.000000845. The highest BCUT2D eigenvalue weighted by molar-refractivity contribution is 8.93. The van der Waals surface area contributed by atoms with Crippen LogP contribution in [0.1, 0.15) is 24.8 Å². The van der Waals surface area contributed by atoms with Gasteiger partial charge in [-0.3, -0.25) is 0 Å². The van der Waals surface area contributed by atoms with E-state index in [1.165, 1.54) is 24.2 Å². The molecule has 0 amide bonds. The highest BCUT2D eigenvalue weighted by Crippen LogP contribution is 2.33. The number of nitrogens with zero attached hydrogens (tertiary/aromatic N) is 1. The summed E-state index contributed by atoms with van der Waals surface area (Å²) in [6, 6.07) is 8.71. The number of anilines is 1. The molecular formula is C11H16BrN. The molecule has 0 fully saturated rings. The number of fused-ring (bicyclic) bond motifs is 1. The van der Waals surface area contributed by atoms with Gasteiger partial charge in [0.1, 0.15) is 0 Å². The first-order valence-corrected chi connectivity index (χ1v) is 4.59. The minimum Gasteiger partial charge on any atom is -0.374 e. The Morgan fingerprint density at radius 3 is 2.69 bits per heavy atom. The van der Waals surface area contributed by atoms with E-state index in [1.807, 2.05) is 0 Å². The molecule has 0 aromatic heterocycles. The van der Waals surface area contributed by atoms with Gasteiger partial charge in [-0.15, -0.1) is 17.0 Å². The predicted molar refractivity (Wildman–Crippen MR) is 63.1 cm³/mol. The second kappa shape index (κ2) is 4.14. The summed E-state index contributed by atoms with van der Waals surface area (Å²) in [5.74, 6) is 0.734. The van der Waals surface area contributed by atoms with Gasteiger partial charge >= 0.3 is 0 Å². The van der Waals surface area contributed by atoms with Gasteiger partial charge in [0, 0.05) is 19.3 Å². The smallest absolute Gasteiger partial charge is 0.0398 e. The van der Waals surface area contributed by atoms with Crippen LogP contribution in [0.15, 0.2) is 24.3 Å². The maximum atomic E-state index is 2.34. The van der Waals surface area contributed by atoms with E-state index in [4.69, 9.17) is 0 Å². The molecule has 0 saturated carbocycles. The van der Waals surface area contributed by atoms with Crippen molar-refractivity contribution in [2.45, 2.75) is 19.3 Å². The van der Waals surface area contributed by atoms with Crippen LogP contribution in [0.5, 0.6) is 0 Å². The minimum absolute atomic E-state index is 0. The van der Waals surface area contributed by atoms with E-state index in [-0.39, 0.29) is 17.0 Å². The molecule has 1 aromatic rings. The molecule has 2 heteroatoms. The summed E-state index contributed by atoms with van der Waals surface area (Å²) in [5.41, 5.74) is 2.92. The summed E-state index contributed by atoms with van der Waals surface area (Å²) in [4.78, 5) is 2.34. The average Bonchev–Trinajstić information content (AvgIpc) is 2.12. The zero-order valence-corrected chi connectivity index (χ0v) is 9.87. The van der Waals surface area contributed by atoms with E-state index in [1.54, 1.807) is 0 Å². The molecule has 0 saturated heterocycles. The van der Waals surface area contributed by atoms with E-state index < -0.39 is 0 Å². The molecule has 0 bridgehead atoms. The van der Waals surface area contributed by atoms with E-state index >= 15 is 0 Å². The zero-order chi connectivity index (χ0) is 8.55. The van der Waals surface area contributed by atoms with E-state index in [2.05, 4.69) is 43.1 Å². The summed E-state index contributed by atoms with van der Waals surface area (Å²) in [7, 11) is 2.17. The monoisotopic (exact) mass is 241 g/mol. The van der Waals surface area contributed by atoms with Crippen molar-refractivity contribution < 1.29 is 0 Å². The number of rotatable bonds is 0. The standard InChI is InChI=1S/C11H15N.BrH/c1-9-7-8-12(2)11-6-4-3-5-10(9)11;/h3-6,9H,7-8H2,1-2H3;1H. The van der Waals surface area contributed by atoms with Crippen LogP contribution < -0.4 is 4.90 Å². The summed E-state index contributed by atoms with van der Waals surface area (Å²) < 4.78 is 0. The highest BCUT2D eigenvalue weighted by Gasteiger charge is 2.18. The maximum Gasteiger partial charge on any atom is 0.0398 e. The summed E-state index contributed by atoms with van der Waals surface area (Å²) in [6.45, 7) is 3.50. The first-order chi connectivity index (χ1) is 5.79. The van der Waals surface area contributed by atoms with Gasteiger partial charge in [0.25, 0.3) is 0 Å². The van der Waals surface area contributed by atoms with Gasteiger partial charge in [0.2, 0.25) is 0 Å². The Bertz CT molecular complexity index is 256. The lowest BCUT2D eigenvalue weighted by molar-refractivity contribution is 0.637. The lowest BCUT2D eigenvalue weighted by Crippen LogP contribution is -2.26. The first-order valence-electron chi connectivity index (χ1n) is 4.59. The topological polar surface area (TPSA) is 3.24 Å². The highest BCUT2D eigenvalue weighted by atomic mass is 79.9. The first kappa shape index (κ1) is 10.6. The Morgan fingerprint density at radius 2 is 2.00 bits per heavy atom. The molecule has 1 aliphatic heterocycles. The molecule has 72 valence electrons. The minimum atomic E-state index is 0. The van der Waals surface area contributed by atoms with Crippen molar-refractivity contribution in [2.24, 2.45) is 0 Å². The average molecular weight is 242 g/mol. The van der Waals surface area contributed by atoms with Crippen molar-refractivity contribution in [3.63, 3.8) is 0 Å². The third-order valence-electron chi connectivity index (χ3n) is 2.78. The molecule has 1 aliphatic rings. The fourth-order valence-corrected chi connectivity index (χ4v) is 1.92. The Hall–Kier alpha value is -0.500. The molecule has 0 spiro atoms. The molecule has 2 rings (SSSR count). The number of halogens is 1. The molecule has 0 N–H and O–H groups in total. The van der Waals surface area contributed by atoms with Crippen LogP contribution in [0.25, 0.3) is 0 Å².